The van der Waals surface area contributed by atoms with E-state index in [0.717, 1.165) is 0 Å². The zero-order chi connectivity index (χ0) is 14.5. The molecule has 0 aliphatic rings. The summed E-state index contributed by atoms with van der Waals surface area (Å²) >= 11 is 0. The van der Waals surface area contributed by atoms with E-state index in [1.54, 1.807) is 17.0 Å². The van der Waals surface area contributed by atoms with E-state index in [2.05, 4.69) is 10.3 Å². The van der Waals surface area contributed by atoms with E-state index in [0.29, 0.717) is 6.54 Å². The number of anilines is 1. The van der Waals surface area contributed by atoms with Crippen LogP contribution >= 0.6 is 0 Å². The first-order chi connectivity index (χ1) is 8.82. The predicted molar refractivity (Wildman–Crippen MR) is 72.0 cm³/mol. The number of aromatic nitrogens is 2. The van der Waals surface area contributed by atoms with Gasteiger partial charge in [-0.1, -0.05) is 0 Å². The van der Waals surface area contributed by atoms with Crippen molar-refractivity contribution in [1.82, 2.24) is 9.55 Å². The Kier molecular flexibility index (Phi) is 5.05. The molecular weight excluding hydrogens is 248 g/mol. The number of nitrogens with two attached hydrogens (primary N) is 1. The first-order valence-corrected chi connectivity index (χ1v) is 6.00. The van der Waals surface area contributed by atoms with Gasteiger partial charge in [0.2, 0.25) is 5.91 Å². The lowest BCUT2D eigenvalue weighted by molar-refractivity contribution is -0.122. The number of nitrogens with one attached hydrogen (secondary N) is 1. The number of carbonyl (C=O) groups is 1. The number of carbonyl (C=O) groups excluding carboxylic acids is 1. The van der Waals surface area contributed by atoms with Crippen molar-refractivity contribution in [2.24, 2.45) is 5.73 Å². The molecule has 1 heterocycles. The number of amides is 1. The van der Waals surface area contributed by atoms with Gasteiger partial charge in [0.25, 0.3) is 5.56 Å². The molecule has 1 aromatic rings. The summed E-state index contributed by atoms with van der Waals surface area (Å²) in [6.07, 6.45) is 3.22. The van der Waals surface area contributed by atoms with Crippen LogP contribution in [0.5, 0.6) is 0 Å². The molecule has 0 radical (unpaired) electrons. The smallest absolute Gasteiger partial charge is 0.293 e. The molecule has 7 heteroatoms. The fourth-order valence-electron chi connectivity index (χ4n) is 1.48. The summed E-state index contributed by atoms with van der Waals surface area (Å²) in [5.74, 6) is -0.256. The Morgan fingerprint density at radius 1 is 1.53 bits per heavy atom. The van der Waals surface area contributed by atoms with Crippen molar-refractivity contribution in [3.63, 3.8) is 0 Å². The Labute approximate surface area is 111 Å². The Hall–Kier alpha value is -1.89. The minimum Gasteiger partial charge on any atom is -0.370 e. The van der Waals surface area contributed by atoms with Gasteiger partial charge in [0.1, 0.15) is 6.61 Å². The van der Waals surface area contributed by atoms with E-state index < -0.39 is 5.91 Å². The third-order valence-electron chi connectivity index (χ3n) is 2.35. The highest BCUT2D eigenvalue weighted by Crippen LogP contribution is 2.10. The quantitative estimate of drug-likeness (QED) is 0.703. The molecule has 106 valence electrons. The van der Waals surface area contributed by atoms with Crippen molar-refractivity contribution in [2.75, 3.05) is 25.1 Å². The summed E-state index contributed by atoms with van der Waals surface area (Å²) in [6.45, 7) is 6.34. The van der Waals surface area contributed by atoms with Crippen LogP contribution in [0.2, 0.25) is 0 Å². The molecule has 0 bridgehead atoms. The van der Waals surface area contributed by atoms with Gasteiger partial charge >= 0.3 is 0 Å². The normalized spacial score (nSPS) is 11.3. The van der Waals surface area contributed by atoms with E-state index in [1.807, 2.05) is 20.8 Å². The highest BCUT2D eigenvalue weighted by molar-refractivity contribution is 5.74. The first kappa shape index (κ1) is 15.2. The molecule has 0 aliphatic carbocycles. The Bertz CT molecular complexity index is 490. The average Bonchev–Trinajstić information content (AvgIpc) is 2.28. The Morgan fingerprint density at radius 2 is 2.21 bits per heavy atom. The number of hydrogen-bond donors (Lipinski definition) is 2. The lowest BCUT2D eigenvalue weighted by Gasteiger charge is -2.22. The first-order valence-electron chi connectivity index (χ1n) is 6.00. The topological polar surface area (TPSA) is 99.2 Å². The molecule has 1 rings (SSSR count). The standard InChI is InChI=1S/C12H20N4O3/c1-12(2,3)16-6-4-14-10(11(16)18)15-5-7-19-8-9(13)17/h4,6H,5,7-8H2,1-3H3,(H2,13,17)(H,14,15). The Morgan fingerprint density at radius 3 is 2.79 bits per heavy atom. The van der Waals surface area contributed by atoms with Crippen LogP contribution in [0.15, 0.2) is 17.2 Å². The molecule has 19 heavy (non-hydrogen) atoms. The van der Waals surface area contributed by atoms with E-state index in [1.165, 1.54) is 0 Å². The van der Waals surface area contributed by atoms with Crippen molar-refractivity contribution in [1.29, 1.82) is 0 Å². The average molecular weight is 268 g/mol. The van der Waals surface area contributed by atoms with Crippen LogP contribution in [0.25, 0.3) is 0 Å². The maximum absolute atomic E-state index is 12.1. The zero-order valence-electron chi connectivity index (χ0n) is 11.5. The van der Waals surface area contributed by atoms with Crippen LogP contribution < -0.4 is 16.6 Å². The van der Waals surface area contributed by atoms with E-state index in [-0.39, 0.29) is 30.1 Å². The second-order valence-corrected chi connectivity index (χ2v) is 5.07. The van der Waals surface area contributed by atoms with E-state index in [9.17, 15) is 9.59 Å². The molecular formula is C12H20N4O3. The molecule has 1 amide bonds. The summed E-state index contributed by atoms with van der Waals surface area (Å²) in [6, 6.07) is 0. The van der Waals surface area contributed by atoms with Crippen molar-refractivity contribution in [3.8, 4) is 0 Å². The van der Waals surface area contributed by atoms with Gasteiger partial charge in [0.05, 0.1) is 6.61 Å². The SMILES string of the molecule is CC(C)(C)n1ccnc(NCCOCC(N)=O)c1=O. The molecule has 0 aromatic carbocycles. The van der Waals surface area contributed by atoms with Crippen LogP contribution in [0, 0.1) is 0 Å². The van der Waals surface area contributed by atoms with Crippen LogP contribution in [0.3, 0.4) is 0 Å². The molecule has 3 N–H and O–H groups in total. The van der Waals surface area contributed by atoms with E-state index >= 15 is 0 Å². The van der Waals surface area contributed by atoms with Crippen molar-refractivity contribution in [3.05, 3.63) is 22.7 Å². The van der Waals surface area contributed by atoms with Crippen LogP contribution in [-0.4, -0.2) is 35.2 Å². The minimum atomic E-state index is -0.520. The summed E-state index contributed by atoms with van der Waals surface area (Å²) in [4.78, 5) is 26.6. The fourth-order valence-corrected chi connectivity index (χ4v) is 1.48. The largest absolute Gasteiger partial charge is 0.370 e. The summed E-state index contributed by atoms with van der Waals surface area (Å²) in [5, 5.41) is 2.88. The lowest BCUT2D eigenvalue weighted by atomic mass is 10.1. The molecule has 0 aliphatic heterocycles. The van der Waals surface area contributed by atoms with Crippen molar-refractivity contribution < 1.29 is 9.53 Å². The summed E-state index contributed by atoms with van der Waals surface area (Å²) in [7, 11) is 0. The predicted octanol–water partition coefficient (Wildman–Crippen LogP) is -0.0879. The van der Waals surface area contributed by atoms with Gasteiger partial charge in [-0.15, -0.1) is 0 Å². The molecule has 0 atom stereocenters. The summed E-state index contributed by atoms with van der Waals surface area (Å²) < 4.78 is 6.58. The number of rotatable bonds is 6. The van der Waals surface area contributed by atoms with Crippen molar-refractivity contribution >= 4 is 11.7 Å². The molecule has 0 saturated carbocycles. The number of hydrogen-bond acceptors (Lipinski definition) is 5. The third kappa shape index (κ3) is 4.70. The molecule has 0 spiro atoms. The zero-order valence-corrected chi connectivity index (χ0v) is 11.5. The van der Waals surface area contributed by atoms with Gasteiger partial charge in [-0.2, -0.15) is 0 Å². The monoisotopic (exact) mass is 268 g/mol. The molecule has 0 fully saturated rings. The molecule has 1 aromatic heterocycles. The maximum atomic E-state index is 12.1. The van der Waals surface area contributed by atoms with Gasteiger partial charge in [0.15, 0.2) is 5.82 Å². The minimum absolute atomic E-state index is 0.129. The third-order valence-corrected chi connectivity index (χ3v) is 2.35. The highest BCUT2D eigenvalue weighted by atomic mass is 16.5. The Balaban J connectivity index is 2.60. The van der Waals surface area contributed by atoms with Gasteiger partial charge in [-0.3, -0.25) is 9.59 Å². The number of ether oxygens (including phenoxy) is 1. The number of primary amides is 1. The van der Waals surface area contributed by atoms with Gasteiger partial charge in [-0.25, -0.2) is 4.98 Å². The second kappa shape index (κ2) is 6.33. The number of nitrogens with zero attached hydrogens (tertiary/aromatic N) is 2. The van der Waals surface area contributed by atoms with Crippen LogP contribution in [0.1, 0.15) is 20.8 Å². The van der Waals surface area contributed by atoms with Crippen molar-refractivity contribution in [2.45, 2.75) is 26.3 Å². The van der Waals surface area contributed by atoms with Gasteiger partial charge in [0, 0.05) is 24.5 Å². The van der Waals surface area contributed by atoms with Crippen LogP contribution in [-0.2, 0) is 15.1 Å². The molecule has 7 nitrogen and oxygen atoms in total. The van der Waals surface area contributed by atoms with Gasteiger partial charge in [-0.05, 0) is 20.8 Å². The lowest BCUT2D eigenvalue weighted by Crippen LogP contribution is -2.35. The highest BCUT2D eigenvalue weighted by Gasteiger charge is 2.16. The fraction of sp³-hybridized carbons (Fsp3) is 0.583. The second-order valence-electron chi connectivity index (χ2n) is 5.07. The molecule has 0 unspecified atom stereocenters. The van der Waals surface area contributed by atoms with Gasteiger partial charge < -0.3 is 20.4 Å². The maximum Gasteiger partial charge on any atom is 0.293 e. The van der Waals surface area contributed by atoms with Crippen LogP contribution in [0.4, 0.5) is 5.82 Å². The van der Waals surface area contributed by atoms with E-state index in [4.69, 9.17) is 10.5 Å². The summed E-state index contributed by atoms with van der Waals surface area (Å²) in [5.41, 5.74) is 4.43. The molecule has 0 saturated heterocycles.